The monoisotopic (exact) mass is 387 g/mol. The summed E-state index contributed by atoms with van der Waals surface area (Å²) >= 11 is 7.18. The Morgan fingerprint density at radius 1 is 1.12 bits per heavy atom. The van der Waals surface area contributed by atoms with Gasteiger partial charge in [0.25, 0.3) is 0 Å². The Hall–Kier alpha value is -2.51. The first-order valence-electron chi connectivity index (χ1n) is 7.86. The number of rotatable bonds is 5. The largest absolute Gasteiger partial charge is 0.383 e. The number of ketones is 1. The maximum atomic E-state index is 12.7. The van der Waals surface area contributed by atoms with Gasteiger partial charge in [-0.1, -0.05) is 23.4 Å². The third-order valence-corrected chi connectivity index (χ3v) is 4.99. The minimum Gasteiger partial charge on any atom is -0.383 e. The lowest BCUT2D eigenvalue weighted by atomic mass is 10.2. The first-order valence-corrected chi connectivity index (χ1v) is 9.22. The Morgan fingerprint density at radius 2 is 1.73 bits per heavy atom. The van der Waals surface area contributed by atoms with Crippen LogP contribution in [0.4, 0.5) is 11.6 Å². The summed E-state index contributed by atoms with van der Waals surface area (Å²) in [5.41, 5.74) is 14.8. The molecule has 0 bridgehead atoms. The van der Waals surface area contributed by atoms with Crippen LogP contribution >= 0.6 is 23.4 Å². The van der Waals surface area contributed by atoms with Crippen molar-refractivity contribution in [1.29, 1.82) is 0 Å². The average molecular weight is 388 g/mol. The maximum Gasteiger partial charge on any atom is 0.191 e. The van der Waals surface area contributed by atoms with E-state index in [2.05, 4.69) is 9.97 Å². The molecule has 2 aromatic heterocycles. The summed E-state index contributed by atoms with van der Waals surface area (Å²) in [6, 6.07) is 10.9. The molecule has 0 unspecified atom stereocenters. The third-order valence-electron chi connectivity index (χ3n) is 3.89. The van der Waals surface area contributed by atoms with E-state index in [0.717, 1.165) is 17.1 Å². The molecule has 0 atom stereocenters. The van der Waals surface area contributed by atoms with Crippen molar-refractivity contribution in [3.63, 3.8) is 0 Å². The van der Waals surface area contributed by atoms with E-state index < -0.39 is 0 Å². The summed E-state index contributed by atoms with van der Waals surface area (Å²) in [5.74, 6) is 0.767. The minimum absolute atomic E-state index is 0.00657. The average Bonchev–Trinajstić information content (AvgIpc) is 2.87. The Bertz CT molecular complexity index is 948. The van der Waals surface area contributed by atoms with E-state index in [4.69, 9.17) is 23.1 Å². The fraction of sp³-hybridized carbons (Fsp3) is 0.167. The zero-order chi connectivity index (χ0) is 18.8. The number of halogens is 1. The molecule has 2 heterocycles. The highest BCUT2D eigenvalue weighted by molar-refractivity contribution is 7.99. The van der Waals surface area contributed by atoms with Gasteiger partial charge in [0.15, 0.2) is 10.9 Å². The number of carbonyl (C=O) groups is 1. The molecule has 3 rings (SSSR count). The Balaban J connectivity index is 1.82. The molecule has 1 aromatic carbocycles. The molecule has 3 aromatic rings. The lowest BCUT2D eigenvalue weighted by Crippen LogP contribution is -2.07. The summed E-state index contributed by atoms with van der Waals surface area (Å²) in [4.78, 5) is 20.8. The van der Waals surface area contributed by atoms with E-state index in [-0.39, 0.29) is 23.2 Å². The van der Waals surface area contributed by atoms with Gasteiger partial charge in [-0.05, 0) is 44.2 Å². The summed E-state index contributed by atoms with van der Waals surface area (Å²) in [7, 11) is 0. The molecule has 0 amide bonds. The zero-order valence-corrected chi connectivity index (χ0v) is 15.9. The lowest BCUT2D eigenvalue weighted by molar-refractivity contribution is 0.102. The maximum absolute atomic E-state index is 12.7. The number of nitrogens with two attached hydrogens (primary N) is 2. The number of hydrogen-bond donors (Lipinski definition) is 2. The molecule has 26 heavy (non-hydrogen) atoms. The van der Waals surface area contributed by atoms with Crippen LogP contribution in [0.15, 0.2) is 41.6 Å². The van der Waals surface area contributed by atoms with Crippen molar-refractivity contribution in [3.05, 3.63) is 58.4 Å². The molecular weight excluding hydrogens is 370 g/mol. The van der Waals surface area contributed by atoms with Gasteiger partial charge in [-0.2, -0.15) is 0 Å². The second-order valence-corrected chi connectivity index (χ2v) is 7.19. The Kier molecular flexibility index (Phi) is 5.20. The molecule has 0 spiro atoms. The molecule has 4 N–H and O–H groups in total. The summed E-state index contributed by atoms with van der Waals surface area (Å²) in [6.45, 7) is 3.89. The molecule has 0 saturated heterocycles. The van der Waals surface area contributed by atoms with Gasteiger partial charge >= 0.3 is 0 Å². The topological polar surface area (TPSA) is 99.8 Å². The lowest BCUT2D eigenvalue weighted by Gasteiger charge is -2.10. The molecule has 0 radical (unpaired) electrons. The smallest absolute Gasteiger partial charge is 0.191 e. The Labute approximate surface area is 160 Å². The molecule has 8 heteroatoms. The van der Waals surface area contributed by atoms with Gasteiger partial charge in [-0.25, -0.2) is 9.97 Å². The van der Waals surface area contributed by atoms with Crippen molar-refractivity contribution in [1.82, 2.24) is 14.5 Å². The van der Waals surface area contributed by atoms with Crippen LogP contribution in [-0.4, -0.2) is 26.1 Å². The van der Waals surface area contributed by atoms with E-state index in [0.29, 0.717) is 15.7 Å². The van der Waals surface area contributed by atoms with Crippen molar-refractivity contribution in [2.45, 2.75) is 19.0 Å². The first kappa shape index (κ1) is 18.3. The molecule has 0 aliphatic rings. The molecule has 0 saturated carbocycles. The van der Waals surface area contributed by atoms with Crippen molar-refractivity contribution < 1.29 is 4.79 Å². The van der Waals surface area contributed by atoms with Crippen molar-refractivity contribution in [2.24, 2.45) is 0 Å². The van der Waals surface area contributed by atoms with E-state index in [1.807, 2.05) is 48.7 Å². The summed E-state index contributed by atoms with van der Waals surface area (Å²) in [6.07, 6.45) is 0. The third kappa shape index (κ3) is 3.84. The molecule has 0 aliphatic heterocycles. The number of nitrogens with zero attached hydrogens (tertiary/aromatic N) is 3. The zero-order valence-electron chi connectivity index (χ0n) is 14.4. The molecule has 6 nitrogen and oxygen atoms in total. The minimum atomic E-state index is -0.00657. The van der Waals surface area contributed by atoms with E-state index in [9.17, 15) is 4.79 Å². The van der Waals surface area contributed by atoms with Gasteiger partial charge in [0.1, 0.15) is 11.6 Å². The molecular formula is C18H18ClN5OS. The van der Waals surface area contributed by atoms with Crippen LogP contribution in [0.1, 0.15) is 21.7 Å². The SMILES string of the molecule is Cc1cc(C(=O)CSc2nc(N)cc(N)n2)c(C)n1-c1ccc(Cl)cc1. The first-order chi connectivity index (χ1) is 12.3. The van der Waals surface area contributed by atoms with Gasteiger partial charge in [0.2, 0.25) is 0 Å². The van der Waals surface area contributed by atoms with Crippen LogP contribution in [0.5, 0.6) is 0 Å². The summed E-state index contributed by atoms with van der Waals surface area (Å²) < 4.78 is 2.03. The highest BCUT2D eigenvalue weighted by atomic mass is 35.5. The van der Waals surface area contributed by atoms with E-state index in [1.54, 1.807) is 0 Å². The van der Waals surface area contributed by atoms with Crippen LogP contribution in [-0.2, 0) is 0 Å². The number of carbonyl (C=O) groups excluding carboxylic acids is 1. The fourth-order valence-corrected chi connectivity index (χ4v) is 3.65. The highest BCUT2D eigenvalue weighted by Gasteiger charge is 2.17. The number of aryl methyl sites for hydroxylation is 1. The van der Waals surface area contributed by atoms with Gasteiger partial charge in [0, 0.05) is 33.7 Å². The second-order valence-electron chi connectivity index (χ2n) is 5.81. The standard InChI is InChI=1S/C18H18ClN5OS/c1-10-7-14(11(2)24(10)13-5-3-12(19)4-6-13)15(25)9-26-18-22-16(20)8-17(21)23-18/h3-8H,9H2,1-2H3,(H4,20,21,22,23). The molecule has 0 aliphatic carbocycles. The van der Waals surface area contributed by atoms with Gasteiger partial charge in [-0.15, -0.1) is 0 Å². The predicted molar refractivity (Wildman–Crippen MR) is 106 cm³/mol. The van der Waals surface area contributed by atoms with E-state index in [1.165, 1.54) is 17.8 Å². The number of hydrogen-bond acceptors (Lipinski definition) is 6. The highest BCUT2D eigenvalue weighted by Crippen LogP contribution is 2.24. The van der Waals surface area contributed by atoms with Crippen molar-refractivity contribution in [2.75, 3.05) is 17.2 Å². The summed E-state index contributed by atoms with van der Waals surface area (Å²) in [5, 5.41) is 1.06. The second kappa shape index (κ2) is 7.39. The van der Waals surface area contributed by atoms with Crippen molar-refractivity contribution >= 4 is 40.8 Å². The predicted octanol–water partition coefficient (Wildman–Crippen LogP) is 3.68. The van der Waals surface area contributed by atoms with Crippen LogP contribution in [0.2, 0.25) is 5.02 Å². The number of Topliss-reactive ketones (excluding diaryl/α,β-unsaturated/α-hetero) is 1. The van der Waals surface area contributed by atoms with Gasteiger partial charge in [-0.3, -0.25) is 4.79 Å². The fourth-order valence-electron chi connectivity index (χ4n) is 2.77. The van der Waals surface area contributed by atoms with E-state index >= 15 is 0 Å². The normalized spacial score (nSPS) is 10.9. The van der Waals surface area contributed by atoms with Crippen LogP contribution in [0.3, 0.4) is 0 Å². The molecule has 0 fully saturated rings. The van der Waals surface area contributed by atoms with Gasteiger partial charge in [0.05, 0.1) is 5.75 Å². The van der Waals surface area contributed by atoms with Gasteiger partial charge < -0.3 is 16.0 Å². The molecule has 134 valence electrons. The number of thioether (sulfide) groups is 1. The van der Waals surface area contributed by atoms with Crippen LogP contribution in [0, 0.1) is 13.8 Å². The quantitative estimate of drug-likeness (QED) is 0.393. The number of anilines is 2. The van der Waals surface area contributed by atoms with Crippen molar-refractivity contribution in [3.8, 4) is 5.69 Å². The Morgan fingerprint density at radius 3 is 2.35 bits per heavy atom. The number of nitrogen functional groups attached to an aromatic ring is 2. The van der Waals surface area contributed by atoms with Crippen LogP contribution < -0.4 is 11.5 Å². The number of benzene rings is 1. The number of aromatic nitrogens is 3. The van der Waals surface area contributed by atoms with Crippen LogP contribution in [0.25, 0.3) is 5.69 Å².